The van der Waals surface area contributed by atoms with Gasteiger partial charge in [-0.3, -0.25) is 4.79 Å². The number of aromatic nitrogens is 2. The molecule has 0 saturated carbocycles. The molecule has 7 heteroatoms. The van der Waals surface area contributed by atoms with Crippen molar-refractivity contribution in [2.45, 2.75) is 13.5 Å². The summed E-state index contributed by atoms with van der Waals surface area (Å²) in [6.07, 6.45) is 8.18. The lowest BCUT2D eigenvalue weighted by atomic mass is 10.1. The Morgan fingerprint density at radius 2 is 1.96 bits per heavy atom. The van der Waals surface area contributed by atoms with Crippen LogP contribution in [0.2, 0.25) is 0 Å². The second kappa shape index (κ2) is 8.94. The summed E-state index contributed by atoms with van der Waals surface area (Å²) >= 11 is 0. The number of ether oxygens (including phenoxy) is 2. The molecular formula is C21H18F2N2O3. The fourth-order valence-corrected chi connectivity index (χ4v) is 2.57. The highest BCUT2D eigenvalue weighted by Gasteiger charge is 2.11. The Hall–Kier alpha value is -3.48. The second-order valence-electron chi connectivity index (χ2n) is 5.73. The van der Waals surface area contributed by atoms with E-state index in [0.717, 1.165) is 5.69 Å². The van der Waals surface area contributed by atoms with Gasteiger partial charge in [0.05, 0.1) is 12.9 Å². The first-order valence-corrected chi connectivity index (χ1v) is 8.59. The monoisotopic (exact) mass is 384 g/mol. The molecule has 0 bridgehead atoms. The molecule has 0 atom stereocenters. The minimum atomic E-state index is -2.94. The van der Waals surface area contributed by atoms with Crippen LogP contribution in [0, 0.1) is 0 Å². The van der Waals surface area contributed by atoms with Gasteiger partial charge in [-0.1, -0.05) is 12.1 Å². The van der Waals surface area contributed by atoms with Crippen molar-refractivity contribution in [3.8, 4) is 17.2 Å². The number of ketones is 1. The van der Waals surface area contributed by atoms with Crippen molar-refractivity contribution in [1.82, 2.24) is 9.55 Å². The lowest BCUT2D eigenvalue weighted by Crippen LogP contribution is -2.04. The quantitative estimate of drug-likeness (QED) is 0.415. The van der Waals surface area contributed by atoms with Gasteiger partial charge in [0.25, 0.3) is 0 Å². The van der Waals surface area contributed by atoms with E-state index in [1.165, 1.54) is 12.1 Å². The molecule has 0 amide bonds. The van der Waals surface area contributed by atoms with E-state index < -0.39 is 6.61 Å². The fourth-order valence-electron chi connectivity index (χ4n) is 2.57. The van der Waals surface area contributed by atoms with E-state index in [1.807, 2.05) is 22.9 Å². The topological polar surface area (TPSA) is 53.4 Å². The van der Waals surface area contributed by atoms with Gasteiger partial charge in [-0.05, 0) is 55.0 Å². The van der Waals surface area contributed by atoms with Gasteiger partial charge in [0.1, 0.15) is 0 Å². The van der Waals surface area contributed by atoms with Gasteiger partial charge in [-0.15, -0.1) is 0 Å². The van der Waals surface area contributed by atoms with E-state index >= 15 is 0 Å². The van der Waals surface area contributed by atoms with Gasteiger partial charge < -0.3 is 14.0 Å². The molecule has 1 heterocycles. The van der Waals surface area contributed by atoms with Crippen molar-refractivity contribution >= 4 is 11.9 Å². The van der Waals surface area contributed by atoms with Crippen molar-refractivity contribution in [2.24, 2.45) is 0 Å². The Morgan fingerprint density at radius 3 is 2.61 bits per heavy atom. The van der Waals surface area contributed by atoms with Crippen LogP contribution in [-0.2, 0) is 0 Å². The van der Waals surface area contributed by atoms with E-state index in [9.17, 15) is 13.6 Å². The average molecular weight is 384 g/mol. The third-order valence-electron chi connectivity index (χ3n) is 3.87. The van der Waals surface area contributed by atoms with Crippen LogP contribution in [0.4, 0.5) is 8.78 Å². The molecule has 0 aliphatic heterocycles. The molecule has 0 spiro atoms. The molecule has 3 aromatic rings. The highest BCUT2D eigenvalue weighted by molar-refractivity contribution is 6.06. The summed E-state index contributed by atoms with van der Waals surface area (Å²) in [5, 5.41) is 0. The smallest absolute Gasteiger partial charge is 0.387 e. The first-order valence-electron chi connectivity index (χ1n) is 8.59. The predicted molar refractivity (Wildman–Crippen MR) is 101 cm³/mol. The molecule has 1 aromatic heterocycles. The molecule has 0 fully saturated rings. The van der Waals surface area contributed by atoms with Crippen LogP contribution < -0.4 is 9.47 Å². The molecule has 5 nitrogen and oxygen atoms in total. The zero-order chi connectivity index (χ0) is 19.9. The Kier molecular flexibility index (Phi) is 6.16. The molecule has 144 valence electrons. The van der Waals surface area contributed by atoms with E-state index in [4.69, 9.17) is 4.74 Å². The Balaban J connectivity index is 1.73. The van der Waals surface area contributed by atoms with Crippen molar-refractivity contribution in [3.05, 3.63) is 78.4 Å². The summed E-state index contributed by atoms with van der Waals surface area (Å²) < 4.78 is 36.5. The largest absolute Gasteiger partial charge is 0.490 e. The highest BCUT2D eigenvalue weighted by Crippen LogP contribution is 2.30. The maximum Gasteiger partial charge on any atom is 0.387 e. The van der Waals surface area contributed by atoms with Crippen molar-refractivity contribution in [1.29, 1.82) is 0 Å². The molecule has 3 rings (SSSR count). The van der Waals surface area contributed by atoms with Crippen LogP contribution in [0.5, 0.6) is 11.5 Å². The van der Waals surface area contributed by atoms with Crippen LogP contribution >= 0.6 is 0 Å². The van der Waals surface area contributed by atoms with E-state index in [2.05, 4.69) is 9.72 Å². The maximum atomic E-state index is 12.5. The first-order chi connectivity index (χ1) is 13.6. The second-order valence-corrected chi connectivity index (χ2v) is 5.73. The van der Waals surface area contributed by atoms with Gasteiger partial charge in [0.15, 0.2) is 17.3 Å². The number of nitrogens with zero attached hydrogens (tertiary/aromatic N) is 2. The Bertz CT molecular complexity index is 952. The third-order valence-corrected chi connectivity index (χ3v) is 3.87. The number of imidazole rings is 1. The number of benzene rings is 2. The summed E-state index contributed by atoms with van der Waals surface area (Å²) in [7, 11) is 0. The zero-order valence-corrected chi connectivity index (χ0v) is 15.1. The van der Waals surface area contributed by atoms with E-state index in [1.54, 1.807) is 49.8 Å². The summed E-state index contributed by atoms with van der Waals surface area (Å²) in [4.78, 5) is 16.4. The number of rotatable bonds is 8. The van der Waals surface area contributed by atoms with E-state index in [0.29, 0.717) is 17.7 Å². The molecule has 0 aliphatic carbocycles. The van der Waals surface area contributed by atoms with Gasteiger partial charge in [-0.2, -0.15) is 8.78 Å². The van der Waals surface area contributed by atoms with Crippen molar-refractivity contribution < 1.29 is 23.0 Å². The minimum absolute atomic E-state index is 0.0459. The minimum Gasteiger partial charge on any atom is -0.490 e. The summed E-state index contributed by atoms with van der Waals surface area (Å²) in [6.45, 7) is -0.895. The molecule has 0 radical (unpaired) electrons. The highest BCUT2D eigenvalue weighted by atomic mass is 19.3. The number of carbonyl (C=O) groups excluding carboxylic acids is 1. The lowest BCUT2D eigenvalue weighted by Gasteiger charge is -2.11. The Labute approximate surface area is 160 Å². The van der Waals surface area contributed by atoms with Crippen LogP contribution in [0.3, 0.4) is 0 Å². The Morgan fingerprint density at radius 1 is 1.18 bits per heavy atom. The molecule has 0 aliphatic rings. The number of carbonyl (C=O) groups is 1. The van der Waals surface area contributed by atoms with Crippen LogP contribution in [-0.4, -0.2) is 28.6 Å². The van der Waals surface area contributed by atoms with Crippen LogP contribution in [0.15, 0.2) is 67.3 Å². The number of hydrogen-bond donors (Lipinski definition) is 0. The van der Waals surface area contributed by atoms with Crippen LogP contribution in [0.1, 0.15) is 22.8 Å². The van der Waals surface area contributed by atoms with Gasteiger partial charge in [0.2, 0.25) is 0 Å². The third kappa shape index (κ3) is 4.82. The summed E-state index contributed by atoms with van der Waals surface area (Å²) in [5.41, 5.74) is 2.06. The first kappa shape index (κ1) is 19.3. The standard InChI is InChI=1S/C21H18F2N2O3/c1-2-27-20-13-15(4-10-19(20)28-21(22)23)3-9-18(26)16-5-7-17(8-6-16)25-12-11-24-14-25/h3-14,21H,2H2,1H3. The van der Waals surface area contributed by atoms with Crippen LogP contribution in [0.25, 0.3) is 11.8 Å². The number of halogens is 2. The summed E-state index contributed by atoms with van der Waals surface area (Å²) in [6, 6.07) is 11.6. The zero-order valence-electron chi connectivity index (χ0n) is 15.1. The average Bonchev–Trinajstić information content (AvgIpc) is 3.22. The molecule has 0 unspecified atom stereocenters. The molecular weight excluding hydrogens is 366 g/mol. The van der Waals surface area contributed by atoms with Crippen molar-refractivity contribution in [2.75, 3.05) is 6.61 Å². The normalized spacial score (nSPS) is 11.1. The number of allylic oxidation sites excluding steroid dienone is 1. The fraction of sp³-hybridized carbons (Fsp3) is 0.143. The van der Waals surface area contributed by atoms with Gasteiger partial charge >= 0.3 is 6.61 Å². The number of hydrogen-bond acceptors (Lipinski definition) is 4. The summed E-state index contributed by atoms with van der Waals surface area (Å²) in [5.74, 6) is -0.0273. The predicted octanol–water partition coefficient (Wildman–Crippen LogP) is 4.77. The molecule has 28 heavy (non-hydrogen) atoms. The molecule has 0 N–H and O–H groups in total. The SMILES string of the molecule is CCOc1cc(C=CC(=O)c2ccc(-n3ccnc3)cc2)ccc1OC(F)F. The van der Waals surface area contributed by atoms with E-state index in [-0.39, 0.29) is 17.3 Å². The molecule has 0 saturated heterocycles. The molecule has 2 aromatic carbocycles. The van der Waals surface area contributed by atoms with Gasteiger partial charge in [0, 0.05) is 23.6 Å². The lowest BCUT2D eigenvalue weighted by molar-refractivity contribution is -0.0514. The van der Waals surface area contributed by atoms with Crippen molar-refractivity contribution in [3.63, 3.8) is 0 Å². The van der Waals surface area contributed by atoms with Gasteiger partial charge in [-0.25, -0.2) is 4.98 Å². The maximum absolute atomic E-state index is 12.5. The number of alkyl halides is 2.